The van der Waals surface area contributed by atoms with Gasteiger partial charge in [0.25, 0.3) is 5.91 Å². The maximum atomic E-state index is 12.3. The SMILES string of the molecule is O=C(c1ccc2c(c1)CCNC2)N1CCOCC1. The van der Waals surface area contributed by atoms with E-state index in [1.54, 1.807) is 0 Å². The van der Waals surface area contributed by atoms with Crippen molar-refractivity contribution in [3.05, 3.63) is 34.9 Å². The normalized spacial score (nSPS) is 19.4. The van der Waals surface area contributed by atoms with E-state index < -0.39 is 0 Å². The summed E-state index contributed by atoms with van der Waals surface area (Å²) in [5.74, 6) is 0.139. The number of hydrogen-bond donors (Lipinski definition) is 1. The fourth-order valence-corrected chi connectivity index (χ4v) is 2.56. The average molecular weight is 246 g/mol. The van der Waals surface area contributed by atoms with Crippen LogP contribution in [0.1, 0.15) is 21.5 Å². The summed E-state index contributed by atoms with van der Waals surface area (Å²) >= 11 is 0. The predicted molar refractivity (Wildman–Crippen MR) is 68.6 cm³/mol. The van der Waals surface area contributed by atoms with Crippen molar-refractivity contribution in [3.63, 3.8) is 0 Å². The molecule has 0 aromatic heterocycles. The number of rotatable bonds is 1. The lowest BCUT2D eigenvalue weighted by molar-refractivity contribution is 0.0303. The van der Waals surface area contributed by atoms with E-state index in [0.29, 0.717) is 26.3 Å². The standard InChI is InChI=1S/C14H18N2O2/c17-14(16-5-7-18-8-6-16)12-1-2-13-10-15-4-3-11(13)9-12/h1-2,9,15H,3-8,10H2. The molecule has 1 saturated heterocycles. The molecule has 18 heavy (non-hydrogen) atoms. The number of fused-ring (bicyclic) bond motifs is 1. The van der Waals surface area contributed by atoms with E-state index in [4.69, 9.17) is 4.74 Å². The molecule has 2 aliphatic rings. The Bertz CT molecular complexity index is 453. The van der Waals surface area contributed by atoms with Gasteiger partial charge in [0.05, 0.1) is 13.2 Å². The Balaban J connectivity index is 1.80. The van der Waals surface area contributed by atoms with Gasteiger partial charge in [0.15, 0.2) is 0 Å². The fourth-order valence-electron chi connectivity index (χ4n) is 2.56. The second-order valence-corrected chi connectivity index (χ2v) is 4.81. The highest BCUT2D eigenvalue weighted by Crippen LogP contribution is 2.17. The van der Waals surface area contributed by atoms with Crippen LogP contribution >= 0.6 is 0 Å². The van der Waals surface area contributed by atoms with Crippen LogP contribution in [-0.2, 0) is 17.7 Å². The number of carbonyl (C=O) groups excluding carboxylic acids is 1. The predicted octanol–water partition coefficient (Wildman–Crippen LogP) is 0.805. The summed E-state index contributed by atoms with van der Waals surface area (Å²) in [6.07, 6.45) is 1.01. The average Bonchev–Trinajstić information content (AvgIpc) is 2.47. The highest BCUT2D eigenvalue weighted by molar-refractivity contribution is 5.94. The second kappa shape index (κ2) is 5.08. The van der Waals surface area contributed by atoms with Crippen molar-refractivity contribution in [2.75, 3.05) is 32.8 Å². The summed E-state index contributed by atoms with van der Waals surface area (Å²) in [4.78, 5) is 14.2. The smallest absolute Gasteiger partial charge is 0.254 e. The molecule has 0 radical (unpaired) electrons. The van der Waals surface area contributed by atoms with E-state index in [1.165, 1.54) is 11.1 Å². The number of amides is 1. The van der Waals surface area contributed by atoms with Gasteiger partial charge in [-0.3, -0.25) is 4.79 Å². The summed E-state index contributed by atoms with van der Waals surface area (Å²) in [7, 11) is 0. The third-order valence-corrected chi connectivity index (χ3v) is 3.64. The summed E-state index contributed by atoms with van der Waals surface area (Å²) in [6, 6.07) is 6.09. The molecular weight excluding hydrogens is 228 g/mol. The van der Waals surface area contributed by atoms with Crippen LogP contribution < -0.4 is 5.32 Å². The van der Waals surface area contributed by atoms with Gasteiger partial charge in [-0.25, -0.2) is 0 Å². The van der Waals surface area contributed by atoms with Crippen molar-refractivity contribution < 1.29 is 9.53 Å². The van der Waals surface area contributed by atoms with E-state index in [1.807, 2.05) is 11.0 Å². The van der Waals surface area contributed by atoms with Gasteiger partial charge in [-0.15, -0.1) is 0 Å². The molecule has 2 aliphatic heterocycles. The lowest BCUT2D eigenvalue weighted by atomic mass is 9.98. The molecule has 96 valence electrons. The molecule has 0 bridgehead atoms. The number of nitrogens with one attached hydrogen (secondary N) is 1. The van der Waals surface area contributed by atoms with Gasteiger partial charge in [0.1, 0.15) is 0 Å². The zero-order valence-electron chi connectivity index (χ0n) is 10.4. The number of nitrogens with zero attached hydrogens (tertiary/aromatic N) is 1. The summed E-state index contributed by atoms with van der Waals surface area (Å²) in [5, 5.41) is 3.34. The summed E-state index contributed by atoms with van der Waals surface area (Å²) in [5.41, 5.74) is 3.45. The van der Waals surface area contributed by atoms with Crippen LogP contribution in [0.5, 0.6) is 0 Å². The number of morpholine rings is 1. The minimum absolute atomic E-state index is 0.139. The molecular formula is C14H18N2O2. The highest BCUT2D eigenvalue weighted by Gasteiger charge is 2.19. The molecule has 2 heterocycles. The van der Waals surface area contributed by atoms with E-state index >= 15 is 0 Å². The molecule has 4 heteroatoms. The van der Waals surface area contributed by atoms with Crippen LogP contribution in [0.3, 0.4) is 0 Å². The number of hydrogen-bond acceptors (Lipinski definition) is 3. The molecule has 4 nitrogen and oxygen atoms in total. The van der Waals surface area contributed by atoms with Crippen molar-refractivity contribution in [1.29, 1.82) is 0 Å². The number of benzene rings is 1. The van der Waals surface area contributed by atoms with Crippen LogP contribution in [0, 0.1) is 0 Å². The van der Waals surface area contributed by atoms with Crippen LogP contribution in [-0.4, -0.2) is 43.7 Å². The first kappa shape index (κ1) is 11.7. The van der Waals surface area contributed by atoms with Gasteiger partial charge in [0, 0.05) is 25.2 Å². The van der Waals surface area contributed by atoms with Crippen LogP contribution in [0.15, 0.2) is 18.2 Å². The fraction of sp³-hybridized carbons (Fsp3) is 0.500. The van der Waals surface area contributed by atoms with Crippen molar-refractivity contribution in [2.24, 2.45) is 0 Å². The van der Waals surface area contributed by atoms with Crippen molar-refractivity contribution in [1.82, 2.24) is 10.2 Å². The van der Waals surface area contributed by atoms with Gasteiger partial charge in [0.2, 0.25) is 0 Å². The molecule has 0 atom stereocenters. The molecule has 1 fully saturated rings. The van der Waals surface area contributed by atoms with Crippen LogP contribution in [0.25, 0.3) is 0 Å². The Morgan fingerprint density at radius 3 is 2.89 bits per heavy atom. The Labute approximate surface area is 107 Å². The van der Waals surface area contributed by atoms with Gasteiger partial charge in [-0.1, -0.05) is 6.07 Å². The third kappa shape index (κ3) is 2.26. The lowest BCUT2D eigenvalue weighted by Crippen LogP contribution is -2.40. The van der Waals surface area contributed by atoms with E-state index in [0.717, 1.165) is 25.1 Å². The molecule has 1 aromatic carbocycles. The Hall–Kier alpha value is -1.39. The minimum atomic E-state index is 0.139. The highest BCUT2D eigenvalue weighted by atomic mass is 16.5. The van der Waals surface area contributed by atoms with Crippen molar-refractivity contribution >= 4 is 5.91 Å². The Morgan fingerprint density at radius 2 is 2.06 bits per heavy atom. The van der Waals surface area contributed by atoms with E-state index in [-0.39, 0.29) is 5.91 Å². The minimum Gasteiger partial charge on any atom is -0.378 e. The van der Waals surface area contributed by atoms with Gasteiger partial charge in [-0.2, -0.15) is 0 Å². The quantitative estimate of drug-likeness (QED) is 0.797. The topological polar surface area (TPSA) is 41.6 Å². The molecule has 1 aromatic rings. The van der Waals surface area contributed by atoms with Crippen molar-refractivity contribution in [2.45, 2.75) is 13.0 Å². The van der Waals surface area contributed by atoms with Gasteiger partial charge in [-0.05, 0) is 36.2 Å². The Kier molecular flexibility index (Phi) is 3.30. The monoisotopic (exact) mass is 246 g/mol. The zero-order chi connectivity index (χ0) is 12.4. The first-order chi connectivity index (χ1) is 8.84. The zero-order valence-corrected chi connectivity index (χ0v) is 10.4. The molecule has 1 N–H and O–H groups in total. The third-order valence-electron chi connectivity index (χ3n) is 3.64. The molecule has 3 rings (SSSR count). The number of carbonyl (C=O) groups is 1. The molecule has 1 amide bonds. The van der Waals surface area contributed by atoms with Crippen molar-refractivity contribution in [3.8, 4) is 0 Å². The molecule has 0 saturated carbocycles. The second-order valence-electron chi connectivity index (χ2n) is 4.81. The van der Waals surface area contributed by atoms with Gasteiger partial charge < -0.3 is 15.0 Å². The summed E-state index contributed by atoms with van der Waals surface area (Å²) < 4.78 is 5.27. The van der Waals surface area contributed by atoms with E-state index in [2.05, 4.69) is 17.4 Å². The first-order valence-electron chi connectivity index (χ1n) is 6.54. The molecule has 0 aliphatic carbocycles. The maximum absolute atomic E-state index is 12.3. The van der Waals surface area contributed by atoms with E-state index in [9.17, 15) is 4.79 Å². The molecule has 0 unspecified atom stereocenters. The van der Waals surface area contributed by atoms with Crippen LogP contribution in [0.4, 0.5) is 0 Å². The van der Waals surface area contributed by atoms with Crippen LogP contribution in [0.2, 0.25) is 0 Å². The van der Waals surface area contributed by atoms with Gasteiger partial charge >= 0.3 is 0 Å². The maximum Gasteiger partial charge on any atom is 0.254 e. The molecule has 0 spiro atoms. The summed E-state index contributed by atoms with van der Waals surface area (Å²) in [6.45, 7) is 4.64. The lowest BCUT2D eigenvalue weighted by Gasteiger charge is -2.27. The first-order valence-corrected chi connectivity index (χ1v) is 6.54. The number of ether oxygens (including phenoxy) is 1. The Morgan fingerprint density at radius 1 is 1.22 bits per heavy atom. The largest absolute Gasteiger partial charge is 0.378 e.